The van der Waals surface area contributed by atoms with Gasteiger partial charge in [0.2, 0.25) is 5.91 Å². The van der Waals surface area contributed by atoms with Crippen molar-refractivity contribution in [2.24, 2.45) is 29.4 Å². The summed E-state index contributed by atoms with van der Waals surface area (Å²) in [6.07, 6.45) is 8.05. The number of primary amides is 1. The molecule has 0 radical (unpaired) electrons. The highest BCUT2D eigenvalue weighted by atomic mass is 16.7. The summed E-state index contributed by atoms with van der Waals surface area (Å²) in [5.74, 6) is -0.720. The SMILES string of the molecule is C/C(=C/C=C/[C@H](C)[C@@H]1OC(C)(C)O[C@@H]([C@@H](C)[C@@H]2O[C@@]3(C)CC[C@H](O3)[C@H]2C)[C@@H]1C)C(N)=O. The standard InChI is InChI=1S/C25H41NO5/c1-14(10-9-11-15(2)23(26)27)20-17(4)22(30-24(6,7)29-20)18(5)21-16(3)19-12-13-25(8,28-19)31-21/h9-11,14,16-22H,12-13H2,1-8H3,(H2,26,27)/b10-9+,15-11-/t14-,16+,17+,18-,19-,20-,21+,22+,25-/m0/s1. The summed E-state index contributed by atoms with van der Waals surface area (Å²) in [5, 5.41) is 0. The van der Waals surface area contributed by atoms with E-state index in [2.05, 4.69) is 40.7 Å². The molecule has 0 saturated carbocycles. The lowest BCUT2D eigenvalue weighted by Crippen LogP contribution is -2.58. The summed E-state index contributed by atoms with van der Waals surface area (Å²) in [5.41, 5.74) is 5.85. The van der Waals surface area contributed by atoms with E-state index in [1.807, 2.05) is 19.9 Å². The first-order chi connectivity index (χ1) is 14.3. The second-order valence-corrected chi connectivity index (χ2v) is 10.5. The maximum Gasteiger partial charge on any atom is 0.244 e. The molecular formula is C25H41NO5. The lowest BCUT2D eigenvalue weighted by Gasteiger charge is -2.51. The van der Waals surface area contributed by atoms with Crippen LogP contribution in [0.4, 0.5) is 0 Å². The van der Waals surface area contributed by atoms with Crippen molar-refractivity contribution in [1.82, 2.24) is 0 Å². The van der Waals surface area contributed by atoms with Gasteiger partial charge in [-0.1, -0.05) is 45.9 Å². The Kier molecular flexibility index (Phi) is 7.07. The van der Waals surface area contributed by atoms with Crippen LogP contribution in [0.3, 0.4) is 0 Å². The van der Waals surface area contributed by atoms with E-state index in [0.717, 1.165) is 12.8 Å². The number of allylic oxidation sites excluding steroid dienone is 2. The van der Waals surface area contributed by atoms with Crippen molar-refractivity contribution in [3.05, 3.63) is 23.8 Å². The summed E-state index contributed by atoms with van der Waals surface area (Å²) in [7, 11) is 0. The van der Waals surface area contributed by atoms with Crippen molar-refractivity contribution < 1.29 is 23.7 Å². The van der Waals surface area contributed by atoms with E-state index in [9.17, 15) is 4.79 Å². The molecule has 3 heterocycles. The second kappa shape index (κ2) is 8.97. The van der Waals surface area contributed by atoms with Gasteiger partial charge in [0.25, 0.3) is 0 Å². The van der Waals surface area contributed by atoms with Crippen LogP contribution in [0.2, 0.25) is 0 Å². The number of amides is 1. The molecule has 3 saturated heterocycles. The third kappa shape index (κ3) is 5.24. The number of fused-ring (bicyclic) bond motifs is 2. The zero-order valence-electron chi connectivity index (χ0n) is 20.4. The summed E-state index contributed by atoms with van der Waals surface area (Å²) < 4.78 is 25.5. The van der Waals surface area contributed by atoms with Crippen LogP contribution < -0.4 is 5.73 Å². The molecule has 0 aromatic heterocycles. The molecule has 6 nitrogen and oxygen atoms in total. The summed E-state index contributed by atoms with van der Waals surface area (Å²) in [6.45, 7) is 16.6. The van der Waals surface area contributed by atoms with Crippen molar-refractivity contribution >= 4 is 5.91 Å². The van der Waals surface area contributed by atoms with Crippen LogP contribution in [0.15, 0.2) is 23.8 Å². The molecule has 9 atom stereocenters. The van der Waals surface area contributed by atoms with Crippen LogP contribution >= 0.6 is 0 Å². The predicted octanol–water partition coefficient (Wildman–Crippen LogP) is 4.33. The number of hydrogen-bond acceptors (Lipinski definition) is 5. The Hall–Kier alpha value is -1.21. The molecule has 2 bridgehead atoms. The molecule has 3 fully saturated rings. The average molecular weight is 436 g/mol. The van der Waals surface area contributed by atoms with E-state index >= 15 is 0 Å². The summed E-state index contributed by atoms with van der Waals surface area (Å²) in [4.78, 5) is 11.2. The number of ether oxygens (including phenoxy) is 4. The van der Waals surface area contributed by atoms with Gasteiger partial charge < -0.3 is 24.7 Å². The van der Waals surface area contributed by atoms with Gasteiger partial charge in [-0.15, -0.1) is 0 Å². The predicted molar refractivity (Wildman–Crippen MR) is 120 cm³/mol. The number of nitrogens with two attached hydrogens (primary N) is 1. The molecule has 0 aromatic rings. The lowest BCUT2D eigenvalue weighted by molar-refractivity contribution is -0.353. The van der Waals surface area contributed by atoms with Gasteiger partial charge in [0.05, 0.1) is 24.4 Å². The molecule has 3 aliphatic rings. The van der Waals surface area contributed by atoms with Crippen LogP contribution in [0.1, 0.15) is 68.2 Å². The Morgan fingerprint density at radius 1 is 1.00 bits per heavy atom. The van der Waals surface area contributed by atoms with Crippen molar-refractivity contribution in [3.63, 3.8) is 0 Å². The van der Waals surface area contributed by atoms with Gasteiger partial charge in [-0.05, 0) is 34.1 Å². The highest BCUT2D eigenvalue weighted by Gasteiger charge is 2.53. The van der Waals surface area contributed by atoms with Crippen molar-refractivity contribution in [3.8, 4) is 0 Å². The maximum atomic E-state index is 11.2. The molecule has 0 aliphatic carbocycles. The number of rotatable bonds is 6. The molecule has 2 N–H and O–H groups in total. The molecule has 0 spiro atoms. The maximum absolute atomic E-state index is 11.2. The fraction of sp³-hybridized carbons (Fsp3) is 0.800. The fourth-order valence-electron chi connectivity index (χ4n) is 5.50. The largest absolute Gasteiger partial charge is 0.366 e. The Balaban J connectivity index is 1.77. The van der Waals surface area contributed by atoms with Crippen molar-refractivity contribution in [2.45, 2.75) is 104 Å². The average Bonchev–Trinajstić information content (AvgIpc) is 3.03. The second-order valence-electron chi connectivity index (χ2n) is 10.5. The minimum Gasteiger partial charge on any atom is -0.366 e. The van der Waals surface area contributed by atoms with E-state index < -0.39 is 17.5 Å². The van der Waals surface area contributed by atoms with Gasteiger partial charge in [-0.2, -0.15) is 0 Å². The van der Waals surface area contributed by atoms with Crippen LogP contribution in [-0.4, -0.2) is 41.9 Å². The quantitative estimate of drug-likeness (QED) is 0.496. The topological polar surface area (TPSA) is 80.0 Å². The first-order valence-electron chi connectivity index (χ1n) is 11.7. The number of hydrogen-bond donors (Lipinski definition) is 1. The molecule has 176 valence electrons. The highest BCUT2D eigenvalue weighted by Crippen LogP contribution is 2.47. The smallest absolute Gasteiger partial charge is 0.244 e. The monoisotopic (exact) mass is 435 g/mol. The summed E-state index contributed by atoms with van der Waals surface area (Å²) >= 11 is 0. The van der Waals surface area contributed by atoms with E-state index in [1.165, 1.54) is 0 Å². The minimum absolute atomic E-state index is 0.000970. The van der Waals surface area contributed by atoms with E-state index in [-0.39, 0.29) is 42.2 Å². The van der Waals surface area contributed by atoms with Gasteiger partial charge in [0.1, 0.15) is 0 Å². The van der Waals surface area contributed by atoms with Gasteiger partial charge in [0.15, 0.2) is 11.6 Å². The third-order valence-corrected chi connectivity index (χ3v) is 7.35. The normalized spacial score (nSPS) is 42.5. The van der Waals surface area contributed by atoms with Crippen molar-refractivity contribution in [1.29, 1.82) is 0 Å². The first kappa shape index (κ1) is 24.4. The Morgan fingerprint density at radius 2 is 1.61 bits per heavy atom. The Labute approximate surface area is 187 Å². The number of carbonyl (C=O) groups is 1. The van der Waals surface area contributed by atoms with E-state index in [0.29, 0.717) is 11.5 Å². The fourth-order valence-corrected chi connectivity index (χ4v) is 5.50. The van der Waals surface area contributed by atoms with Crippen LogP contribution in [-0.2, 0) is 23.7 Å². The number of carbonyl (C=O) groups excluding carboxylic acids is 1. The molecular weight excluding hydrogens is 394 g/mol. The van der Waals surface area contributed by atoms with Crippen LogP contribution in [0.5, 0.6) is 0 Å². The zero-order chi connectivity index (χ0) is 23.1. The van der Waals surface area contributed by atoms with Gasteiger partial charge in [-0.25, -0.2) is 0 Å². The van der Waals surface area contributed by atoms with E-state index in [1.54, 1.807) is 13.0 Å². The highest BCUT2D eigenvalue weighted by molar-refractivity contribution is 5.91. The Bertz CT molecular complexity index is 731. The van der Waals surface area contributed by atoms with Gasteiger partial charge >= 0.3 is 0 Å². The minimum atomic E-state index is -0.686. The Morgan fingerprint density at radius 3 is 2.26 bits per heavy atom. The zero-order valence-corrected chi connectivity index (χ0v) is 20.4. The molecule has 3 aliphatic heterocycles. The molecule has 0 unspecified atom stereocenters. The third-order valence-electron chi connectivity index (χ3n) is 7.35. The van der Waals surface area contributed by atoms with Gasteiger partial charge in [0, 0.05) is 35.7 Å². The van der Waals surface area contributed by atoms with Crippen LogP contribution in [0.25, 0.3) is 0 Å². The first-order valence-corrected chi connectivity index (χ1v) is 11.7. The van der Waals surface area contributed by atoms with E-state index in [4.69, 9.17) is 24.7 Å². The molecule has 1 amide bonds. The molecule has 31 heavy (non-hydrogen) atoms. The van der Waals surface area contributed by atoms with Crippen molar-refractivity contribution in [2.75, 3.05) is 0 Å². The van der Waals surface area contributed by atoms with Crippen LogP contribution in [0, 0.1) is 23.7 Å². The molecule has 0 aromatic carbocycles. The van der Waals surface area contributed by atoms with Gasteiger partial charge in [-0.3, -0.25) is 4.79 Å². The summed E-state index contributed by atoms with van der Waals surface area (Å²) in [6, 6.07) is 0. The lowest BCUT2D eigenvalue weighted by atomic mass is 9.77. The molecule has 3 rings (SSSR count). The molecule has 6 heteroatoms.